The average Bonchev–Trinajstić information content (AvgIpc) is 3.20. The van der Waals surface area contributed by atoms with Crippen molar-refractivity contribution in [2.45, 2.75) is 62.9 Å². The summed E-state index contributed by atoms with van der Waals surface area (Å²) in [6.45, 7) is 0. The second kappa shape index (κ2) is 4.33. The molecule has 4 nitrogen and oxygen atoms in total. The van der Waals surface area contributed by atoms with Crippen molar-refractivity contribution in [3.63, 3.8) is 0 Å². The van der Waals surface area contributed by atoms with Crippen molar-refractivity contribution < 1.29 is 14.9 Å². The Morgan fingerprint density at radius 3 is 1.52 bits per heavy atom. The van der Waals surface area contributed by atoms with E-state index in [1.54, 1.807) is 0 Å². The molecule has 0 unspecified atom stereocenters. The summed E-state index contributed by atoms with van der Waals surface area (Å²) in [6, 6.07) is 10.2. The Morgan fingerprint density at radius 2 is 1.10 bits per heavy atom. The van der Waals surface area contributed by atoms with E-state index in [4.69, 9.17) is 14.9 Å². The van der Waals surface area contributed by atoms with Gasteiger partial charge in [0.1, 0.15) is 0 Å². The van der Waals surface area contributed by atoms with E-state index < -0.39 is 13.8 Å². The van der Waals surface area contributed by atoms with Gasteiger partial charge >= 0.3 is 126 Å². The fourth-order valence-corrected chi connectivity index (χ4v) is 13.2. The van der Waals surface area contributed by atoms with E-state index in [0.717, 1.165) is 30.0 Å². The molecule has 2 saturated heterocycles. The predicted molar refractivity (Wildman–Crippen MR) is 79.0 cm³/mol. The van der Waals surface area contributed by atoms with Crippen molar-refractivity contribution in [2.75, 3.05) is 0 Å². The molecule has 2 saturated carbocycles. The van der Waals surface area contributed by atoms with Crippen LogP contribution in [0.1, 0.15) is 38.5 Å². The van der Waals surface area contributed by atoms with Crippen molar-refractivity contribution in [3.8, 4) is 0 Å². The molecular formula is C16H21AsO4. The van der Waals surface area contributed by atoms with Gasteiger partial charge in [-0.05, 0) is 0 Å². The van der Waals surface area contributed by atoms with E-state index in [9.17, 15) is 0 Å². The molecule has 2 aliphatic carbocycles. The third kappa shape index (κ3) is 1.71. The van der Waals surface area contributed by atoms with Gasteiger partial charge in [0.15, 0.2) is 0 Å². The first-order valence-electron chi connectivity index (χ1n) is 8.11. The van der Waals surface area contributed by atoms with Crippen molar-refractivity contribution in [1.29, 1.82) is 0 Å². The molecule has 4 aliphatic rings. The maximum absolute atomic E-state index is 6.56. The van der Waals surface area contributed by atoms with Crippen molar-refractivity contribution in [1.82, 2.24) is 0 Å². The van der Waals surface area contributed by atoms with Crippen LogP contribution in [0.4, 0.5) is 0 Å². The summed E-state index contributed by atoms with van der Waals surface area (Å²) < 4.78 is 27.2. The molecule has 1 spiro atoms. The van der Waals surface area contributed by atoms with Crippen LogP contribution in [-0.4, -0.2) is 38.2 Å². The van der Waals surface area contributed by atoms with Crippen molar-refractivity contribution in [2.24, 2.45) is 0 Å². The van der Waals surface area contributed by atoms with Gasteiger partial charge < -0.3 is 0 Å². The van der Waals surface area contributed by atoms with Gasteiger partial charge in [-0.2, -0.15) is 0 Å². The normalized spacial score (nSPS) is 44.3. The Hall–Kier alpha value is -0.382. The molecule has 4 fully saturated rings. The number of benzene rings is 1. The first kappa shape index (κ1) is 13.1. The summed E-state index contributed by atoms with van der Waals surface area (Å²) >= 11 is -4.24. The Labute approximate surface area is 126 Å². The molecule has 0 N–H and O–H groups in total. The zero-order valence-corrected chi connectivity index (χ0v) is 13.9. The molecule has 5 rings (SSSR count). The van der Waals surface area contributed by atoms with Crippen LogP contribution in [0.25, 0.3) is 0 Å². The monoisotopic (exact) mass is 352 g/mol. The van der Waals surface area contributed by atoms with Gasteiger partial charge in [-0.25, -0.2) is 0 Å². The van der Waals surface area contributed by atoms with Gasteiger partial charge in [0.25, 0.3) is 0 Å². The summed E-state index contributed by atoms with van der Waals surface area (Å²) in [4.78, 5) is 0. The summed E-state index contributed by atoms with van der Waals surface area (Å²) in [5, 5.41) is 0. The third-order valence-corrected chi connectivity index (χ3v) is 12.9. The van der Waals surface area contributed by atoms with Crippen molar-refractivity contribution >= 4 is 18.2 Å². The summed E-state index contributed by atoms with van der Waals surface area (Å²) in [5.74, 6) is 0. The van der Waals surface area contributed by atoms with Gasteiger partial charge in [0.2, 0.25) is 0 Å². The molecule has 0 bridgehead atoms. The molecule has 1 aromatic rings. The molecule has 0 radical (unpaired) electrons. The van der Waals surface area contributed by atoms with Gasteiger partial charge in [-0.3, -0.25) is 0 Å². The summed E-state index contributed by atoms with van der Waals surface area (Å²) in [6.07, 6.45) is 7.26. The Kier molecular flexibility index (Phi) is 2.70. The van der Waals surface area contributed by atoms with Crippen LogP contribution in [0.3, 0.4) is 0 Å². The van der Waals surface area contributed by atoms with Crippen LogP contribution in [0.5, 0.6) is 0 Å². The third-order valence-electron chi connectivity index (χ3n) is 5.23. The molecule has 0 aromatic heterocycles. The second-order valence-electron chi connectivity index (χ2n) is 6.59. The first-order chi connectivity index (χ1) is 10.3. The maximum atomic E-state index is 6.56. The van der Waals surface area contributed by atoms with E-state index in [0.29, 0.717) is 0 Å². The molecule has 2 aliphatic heterocycles. The molecule has 2 heterocycles. The standard InChI is InChI=1S/C16H21AsO4/c1-2-6-12(7-3-1)17(18-13-8-4-9-14(13)19-17)20-15-10-5-11-16(15)21-17/h1-3,6-7,13-16H,4-5,8-11H2/t13-,14+,15-,16+. The summed E-state index contributed by atoms with van der Waals surface area (Å²) in [5.41, 5.74) is 0. The minimum atomic E-state index is -4.24. The minimum absolute atomic E-state index is 0.162. The zero-order chi connectivity index (χ0) is 13.9. The van der Waals surface area contributed by atoms with Gasteiger partial charge in [-0.1, -0.05) is 0 Å². The quantitative estimate of drug-likeness (QED) is 0.727. The van der Waals surface area contributed by atoms with E-state index in [1.807, 2.05) is 18.2 Å². The molecule has 5 heteroatoms. The van der Waals surface area contributed by atoms with Crippen LogP contribution in [0, 0.1) is 0 Å². The molecule has 4 atom stereocenters. The Balaban J connectivity index is 1.62. The SMILES string of the molecule is c1ccc([As]23(O[C@H]4CCC[C@H]4O2)O[C@H]2CCC[C@H]2O3)cc1. The topological polar surface area (TPSA) is 36.9 Å². The first-order valence-corrected chi connectivity index (χ1v) is 12.1. The van der Waals surface area contributed by atoms with Crippen LogP contribution >= 0.6 is 0 Å². The summed E-state index contributed by atoms with van der Waals surface area (Å²) in [7, 11) is 0. The van der Waals surface area contributed by atoms with Crippen molar-refractivity contribution in [3.05, 3.63) is 30.3 Å². The molecular weight excluding hydrogens is 331 g/mol. The zero-order valence-electron chi connectivity index (χ0n) is 12.0. The molecule has 0 amide bonds. The van der Waals surface area contributed by atoms with Crippen LogP contribution < -0.4 is 4.35 Å². The van der Waals surface area contributed by atoms with E-state index >= 15 is 0 Å². The number of hydrogen-bond donors (Lipinski definition) is 0. The molecule has 1 aromatic carbocycles. The van der Waals surface area contributed by atoms with E-state index in [1.165, 1.54) is 12.8 Å². The van der Waals surface area contributed by atoms with Gasteiger partial charge in [0, 0.05) is 0 Å². The van der Waals surface area contributed by atoms with Gasteiger partial charge in [0.05, 0.1) is 0 Å². The number of rotatable bonds is 1. The van der Waals surface area contributed by atoms with Crippen LogP contribution in [0.2, 0.25) is 0 Å². The Bertz CT molecular complexity index is 501. The molecule has 114 valence electrons. The van der Waals surface area contributed by atoms with Gasteiger partial charge in [-0.15, -0.1) is 0 Å². The number of hydrogen-bond acceptors (Lipinski definition) is 4. The molecule has 21 heavy (non-hydrogen) atoms. The van der Waals surface area contributed by atoms with E-state index in [-0.39, 0.29) is 24.4 Å². The fourth-order valence-electron chi connectivity index (χ4n) is 4.26. The fraction of sp³-hybridized carbons (Fsp3) is 0.625. The average molecular weight is 352 g/mol. The van der Waals surface area contributed by atoms with Crippen LogP contribution in [0.15, 0.2) is 30.3 Å². The van der Waals surface area contributed by atoms with E-state index in [2.05, 4.69) is 12.1 Å². The van der Waals surface area contributed by atoms with Crippen LogP contribution in [-0.2, 0) is 14.9 Å². The predicted octanol–water partition coefficient (Wildman–Crippen LogP) is 2.22. The second-order valence-corrected chi connectivity index (χ2v) is 12.8. The Morgan fingerprint density at radius 1 is 0.667 bits per heavy atom. The number of fused-ring (bicyclic) bond motifs is 2.